The van der Waals surface area contributed by atoms with Crippen LogP contribution in [-0.4, -0.2) is 74.0 Å². The van der Waals surface area contributed by atoms with Crippen molar-refractivity contribution >= 4 is 11.8 Å². The molecule has 9 nitrogen and oxygen atoms in total. The summed E-state index contributed by atoms with van der Waals surface area (Å²) >= 11 is 0. The summed E-state index contributed by atoms with van der Waals surface area (Å²) in [6.45, 7) is 5.73. The molecule has 2 amide bonds. The molecule has 0 spiro atoms. The number of hydrogen-bond acceptors (Lipinski definition) is 6. The zero-order valence-electron chi connectivity index (χ0n) is 15.9. The van der Waals surface area contributed by atoms with E-state index in [2.05, 4.69) is 50.9 Å². The third-order valence-corrected chi connectivity index (χ3v) is 4.86. The molecule has 27 heavy (non-hydrogen) atoms. The minimum atomic E-state index is -0.245. The fourth-order valence-electron chi connectivity index (χ4n) is 3.44. The summed E-state index contributed by atoms with van der Waals surface area (Å²) in [4.78, 5) is 28.5. The van der Waals surface area contributed by atoms with E-state index in [9.17, 15) is 9.59 Å². The Labute approximate surface area is 158 Å². The number of carbonyl (C=O) groups excluding carboxylic acids is 2. The minimum absolute atomic E-state index is 0.0287. The van der Waals surface area contributed by atoms with E-state index in [1.807, 2.05) is 13.0 Å². The van der Waals surface area contributed by atoms with Crippen LogP contribution < -0.4 is 5.32 Å². The molecule has 3 rings (SSSR count). The predicted molar refractivity (Wildman–Crippen MR) is 98.4 cm³/mol. The number of tetrazole rings is 1. The highest BCUT2D eigenvalue weighted by molar-refractivity contribution is 5.82. The largest absolute Gasteiger partial charge is 0.353 e. The molecule has 1 aromatic heterocycles. The van der Waals surface area contributed by atoms with E-state index in [1.165, 1.54) is 16.6 Å². The quantitative estimate of drug-likeness (QED) is 0.757. The molecule has 0 aliphatic carbocycles. The lowest BCUT2D eigenvalue weighted by atomic mass is 10.0. The van der Waals surface area contributed by atoms with Gasteiger partial charge < -0.3 is 10.2 Å². The van der Waals surface area contributed by atoms with Gasteiger partial charge in [-0.3, -0.25) is 14.5 Å². The number of piperazine rings is 1. The fraction of sp³-hybridized carbons (Fsp3) is 0.500. The molecule has 1 aromatic carbocycles. The van der Waals surface area contributed by atoms with Crippen molar-refractivity contribution in [3.05, 3.63) is 41.7 Å². The van der Waals surface area contributed by atoms with Crippen molar-refractivity contribution in [1.29, 1.82) is 0 Å². The number of rotatable bonds is 6. The van der Waals surface area contributed by atoms with E-state index in [0.717, 1.165) is 5.56 Å². The number of carbonyl (C=O) groups is 2. The van der Waals surface area contributed by atoms with Gasteiger partial charge in [-0.2, -0.15) is 0 Å². The van der Waals surface area contributed by atoms with Gasteiger partial charge in [-0.25, -0.2) is 4.68 Å². The van der Waals surface area contributed by atoms with E-state index < -0.39 is 0 Å². The van der Waals surface area contributed by atoms with Crippen LogP contribution in [-0.2, 0) is 22.7 Å². The van der Waals surface area contributed by atoms with E-state index >= 15 is 0 Å². The third-order valence-electron chi connectivity index (χ3n) is 4.86. The standard InChI is InChI=1S/C18H25N7O2/c1-13-5-4-6-15(7-13)9-25-14(2)18(27)23(3)10-16(25)8-19-17(26)11-24-12-20-21-22-24/h4-7,12,14,16H,8-11H2,1-3H3,(H,19,26)/t14-,16+/m0/s1. The normalized spacial score (nSPS) is 20.7. The summed E-state index contributed by atoms with van der Waals surface area (Å²) in [6.07, 6.45) is 1.40. The Hall–Kier alpha value is -2.81. The summed E-state index contributed by atoms with van der Waals surface area (Å²) in [7, 11) is 1.80. The molecule has 0 unspecified atom stereocenters. The summed E-state index contributed by atoms with van der Waals surface area (Å²) < 4.78 is 1.37. The van der Waals surface area contributed by atoms with E-state index in [0.29, 0.717) is 19.6 Å². The van der Waals surface area contributed by atoms with Crippen molar-refractivity contribution < 1.29 is 9.59 Å². The molecule has 2 aromatic rings. The van der Waals surface area contributed by atoms with Gasteiger partial charge in [0.1, 0.15) is 12.9 Å². The Morgan fingerprint density at radius 2 is 2.19 bits per heavy atom. The monoisotopic (exact) mass is 371 g/mol. The molecule has 9 heteroatoms. The van der Waals surface area contributed by atoms with Crippen molar-refractivity contribution in [1.82, 2.24) is 35.3 Å². The van der Waals surface area contributed by atoms with Crippen LogP contribution in [0.4, 0.5) is 0 Å². The highest BCUT2D eigenvalue weighted by Crippen LogP contribution is 2.19. The van der Waals surface area contributed by atoms with Crippen LogP contribution in [0, 0.1) is 6.92 Å². The van der Waals surface area contributed by atoms with Crippen molar-refractivity contribution in [2.45, 2.75) is 39.0 Å². The number of nitrogens with zero attached hydrogens (tertiary/aromatic N) is 6. The SMILES string of the molecule is Cc1cccc(CN2[C@H](CNC(=O)Cn3cnnn3)CN(C)C(=O)[C@@H]2C)c1. The molecule has 1 saturated heterocycles. The molecule has 0 radical (unpaired) electrons. The Morgan fingerprint density at radius 1 is 1.37 bits per heavy atom. The molecule has 0 bridgehead atoms. The van der Waals surface area contributed by atoms with Crippen LogP contribution in [0.2, 0.25) is 0 Å². The number of benzene rings is 1. The first kappa shape index (κ1) is 19.0. The maximum absolute atomic E-state index is 12.5. The lowest BCUT2D eigenvalue weighted by molar-refractivity contribution is -0.143. The maximum Gasteiger partial charge on any atom is 0.241 e. The average Bonchev–Trinajstić information content (AvgIpc) is 3.14. The molecule has 2 heterocycles. The van der Waals surface area contributed by atoms with Gasteiger partial charge in [0, 0.05) is 32.7 Å². The lowest BCUT2D eigenvalue weighted by Crippen LogP contribution is -2.62. The predicted octanol–water partition coefficient (Wildman–Crippen LogP) is -0.171. The van der Waals surface area contributed by atoms with Gasteiger partial charge in [-0.05, 0) is 29.8 Å². The average molecular weight is 371 g/mol. The van der Waals surface area contributed by atoms with E-state index in [1.54, 1.807) is 11.9 Å². The highest BCUT2D eigenvalue weighted by Gasteiger charge is 2.36. The second-order valence-electron chi connectivity index (χ2n) is 7.02. The number of amides is 2. The zero-order valence-corrected chi connectivity index (χ0v) is 15.9. The van der Waals surface area contributed by atoms with Gasteiger partial charge in [0.25, 0.3) is 0 Å². The van der Waals surface area contributed by atoms with Gasteiger partial charge in [-0.15, -0.1) is 5.10 Å². The van der Waals surface area contributed by atoms with Crippen LogP contribution in [0.25, 0.3) is 0 Å². The second-order valence-corrected chi connectivity index (χ2v) is 7.02. The smallest absolute Gasteiger partial charge is 0.241 e. The highest BCUT2D eigenvalue weighted by atomic mass is 16.2. The van der Waals surface area contributed by atoms with E-state index in [4.69, 9.17) is 0 Å². The number of likely N-dealkylation sites (N-methyl/N-ethyl adjacent to an activating group) is 1. The Morgan fingerprint density at radius 3 is 2.89 bits per heavy atom. The van der Waals surface area contributed by atoms with Gasteiger partial charge in [0.05, 0.1) is 6.04 Å². The maximum atomic E-state index is 12.5. The topological polar surface area (TPSA) is 96.2 Å². The minimum Gasteiger partial charge on any atom is -0.353 e. The summed E-state index contributed by atoms with van der Waals surface area (Å²) in [6, 6.07) is 8.06. The van der Waals surface area contributed by atoms with Crippen LogP contribution >= 0.6 is 0 Å². The molecule has 1 aliphatic rings. The molecule has 2 atom stereocenters. The lowest BCUT2D eigenvalue weighted by Gasteiger charge is -2.44. The summed E-state index contributed by atoms with van der Waals surface area (Å²) in [5.41, 5.74) is 2.34. The Kier molecular flexibility index (Phi) is 5.80. The van der Waals surface area contributed by atoms with Crippen molar-refractivity contribution in [3.8, 4) is 0 Å². The van der Waals surface area contributed by atoms with Crippen molar-refractivity contribution in [2.24, 2.45) is 0 Å². The van der Waals surface area contributed by atoms with Crippen LogP contribution in [0.1, 0.15) is 18.1 Å². The molecular weight excluding hydrogens is 346 g/mol. The number of aromatic nitrogens is 4. The molecule has 144 valence electrons. The Balaban J connectivity index is 1.67. The fourth-order valence-corrected chi connectivity index (χ4v) is 3.44. The van der Waals surface area contributed by atoms with Crippen LogP contribution in [0.3, 0.4) is 0 Å². The molecule has 1 fully saturated rings. The second kappa shape index (κ2) is 8.26. The first-order valence-electron chi connectivity index (χ1n) is 8.98. The van der Waals surface area contributed by atoms with Crippen molar-refractivity contribution in [3.63, 3.8) is 0 Å². The first-order chi connectivity index (χ1) is 12.9. The molecule has 0 saturated carbocycles. The molecule has 1 aliphatic heterocycles. The Bertz CT molecular complexity index is 793. The zero-order chi connectivity index (χ0) is 19.4. The van der Waals surface area contributed by atoms with Gasteiger partial charge in [0.2, 0.25) is 11.8 Å². The van der Waals surface area contributed by atoms with Gasteiger partial charge >= 0.3 is 0 Å². The molecular formula is C18H25N7O2. The van der Waals surface area contributed by atoms with Crippen LogP contribution in [0.15, 0.2) is 30.6 Å². The first-order valence-corrected chi connectivity index (χ1v) is 8.98. The molecule has 1 N–H and O–H groups in total. The van der Waals surface area contributed by atoms with Crippen LogP contribution in [0.5, 0.6) is 0 Å². The number of aryl methyl sites for hydroxylation is 1. The summed E-state index contributed by atoms with van der Waals surface area (Å²) in [5.74, 6) is -0.0658. The number of nitrogens with one attached hydrogen (secondary N) is 1. The van der Waals surface area contributed by atoms with Gasteiger partial charge in [0.15, 0.2) is 0 Å². The summed E-state index contributed by atoms with van der Waals surface area (Å²) in [5, 5.41) is 13.7. The third kappa shape index (κ3) is 4.68. The van der Waals surface area contributed by atoms with E-state index in [-0.39, 0.29) is 30.4 Å². The van der Waals surface area contributed by atoms with Crippen molar-refractivity contribution in [2.75, 3.05) is 20.1 Å². The van der Waals surface area contributed by atoms with Gasteiger partial charge in [-0.1, -0.05) is 29.8 Å². The number of hydrogen-bond donors (Lipinski definition) is 1.